The Kier molecular flexibility index (Phi) is 5.74. The number of rotatable bonds is 4. The van der Waals surface area contributed by atoms with Crippen molar-refractivity contribution in [1.29, 1.82) is 0 Å². The first-order chi connectivity index (χ1) is 18.5. The van der Waals surface area contributed by atoms with Crippen LogP contribution in [0.25, 0.3) is 10.2 Å². The van der Waals surface area contributed by atoms with Gasteiger partial charge in [-0.15, -0.1) is 11.3 Å². The molecule has 1 saturated heterocycles. The van der Waals surface area contributed by atoms with Gasteiger partial charge >= 0.3 is 0 Å². The Morgan fingerprint density at radius 3 is 2.82 bits per heavy atom. The van der Waals surface area contributed by atoms with Gasteiger partial charge in [0.1, 0.15) is 0 Å². The summed E-state index contributed by atoms with van der Waals surface area (Å²) in [5, 5.41) is 11.9. The molecule has 2 aromatic rings. The smallest absolute Gasteiger partial charge is 0.178 e. The van der Waals surface area contributed by atoms with Crippen LogP contribution < -0.4 is 0 Å². The number of Topliss-reactive ketones (excluding diaryl/α,β-unsaturated/α-hetero) is 1. The summed E-state index contributed by atoms with van der Waals surface area (Å²) in [6.07, 6.45) is 7.42. The van der Waals surface area contributed by atoms with Gasteiger partial charge in [-0.3, -0.25) is 9.59 Å². The number of fused-ring (bicyclic) bond motifs is 8. The Bertz CT molecular complexity index is 1410. The molecule has 5 unspecified atom stereocenters. The van der Waals surface area contributed by atoms with Crippen molar-refractivity contribution in [3.63, 3.8) is 0 Å². The Morgan fingerprint density at radius 1 is 1.23 bits per heavy atom. The lowest BCUT2D eigenvalue weighted by Crippen LogP contribution is -2.63. The second-order valence-corrected chi connectivity index (χ2v) is 15.2. The van der Waals surface area contributed by atoms with Gasteiger partial charge in [0.15, 0.2) is 27.3 Å². The van der Waals surface area contributed by atoms with Gasteiger partial charge in [0, 0.05) is 16.7 Å². The highest BCUT2D eigenvalue weighted by Crippen LogP contribution is 2.70. The molecule has 0 amide bonds. The Hall–Kier alpha value is -1.84. The minimum absolute atomic E-state index is 0.00367. The number of nitrogens with zero attached hydrogens (tertiary/aromatic N) is 1. The number of thioether (sulfide) groups is 1. The van der Waals surface area contributed by atoms with Gasteiger partial charge in [0.25, 0.3) is 0 Å². The van der Waals surface area contributed by atoms with Crippen molar-refractivity contribution in [2.24, 2.45) is 28.6 Å². The Balaban J connectivity index is 1.23. The molecule has 4 fully saturated rings. The molecule has 1 aromatic carbocycles. The fourth-order valence-corrected chi connectivity index (χ4v) is 11.1. The summed E-state index contributed by atoms with van der Waals surface area (Å²) in [7, 11) is 0. The molecular formula is C31H35NO5S2. The molecule has 8 atom stereocenters. The molecule has 0 radical (unpaired) electrons. The number of ether oxygens (including phenoxy) is 2. The molecular weight excluding hydrogens is 530 g/mol. The zero-order valence-corrected chi connectivity index (χ0v) is 24.4. The number of carbonyl (C=O) groups is 2. The largest absolute Gasteiger partial charge is 0.393 e. The lowest BCUT2D eigenvalue weighted by Gasteiger charge is -2.60. The van der Waals surface area contributed by atoms with Gasteiger partial charge in [-0.05, 0) is 75.7 Å². The van der Waals surface area contributed by atoms with E-state index in [1.54, 1.807) is 23.5 Å². The van der Waals surface area contributed by atoms with E-state index in [1.807, 2.05) is 38.1 Å². The summed E-state index contributed by atoms with van der Waals surface area (Å²) >= 11 is 3.08. The normalized spacial score (nSPS) is 42.0. The van der Waals surface area contributed by atoms with E-state index in [0.717, 1.165) is 39.4 Å². The van der Waals surface area contributed by atoms with Crippen LogP contribution in [0.3, 0.4) is 0 Å². The minimum Gasteiger partial charge on any atom is -0.393 e. The van der Waals surface area contributed by atoms with Crippen LogP contribution in [-0.2, 0) is 19.1 Å². The van der Waals surface area contributed by atoms with E-state index in [2.05, 4.69) is 19.9 Å². The molecule has 39 heavy (non-hydrogen) atoms. The number of aromatic nitrogens is 1. The Labute approximate surface area is 237 Å². The third-order valence-corrected chi connectivity index (χ3v) is 12.7. The molecule has 1 aliphatic heterocycles. The summed E-state index contributed by atoms with van der Waals surface area (Å²) in [6.45, 7) is 8.12. The minimum atomic E-state index is -1.12. The van der Waals surface area contributed by atoms with Crippen LogP contribution in [0.15, 0.2) is 52.4 Å². The van der Waals surface area contributed by atoms with Gasteiger partial charge in [0.05, 0.1) is 28.2 Å². The summed E-state index contributed by atoms with van der Waals surface area (Å²) in [5.41, 5.74) is 0.0385. The lowest BCUT2D eigenvalue weighted by molar-refractivity contribution is -0.223. The number of hydrogen-bond acceptors (Lipinski definition) is 8. The van der Waals surface area contributed by atoms with Crippen molar-refractivity contribution in [3.8, 4) is 0 Å². The van der Waals surface area contributed by atoms with Gasteiger partial charge < -0.3 is 14.6 Å². The number of thiazole rings is 1. The molecule has 8 heteroatoms. The van der Waals surface area contributed by atoms with E-state index >= 15 is 0 Å². The molecule has 6 nitrogen and oxygen atoms in total. The predicted molar refractivity (Wildman–Crippen MR) is 152 cm³/mol. The first-order valence-corrected chi connectivity index (χ1v) is 15.8. The van der Waals surface area contributed by atoms with Crippen molar-refractivity contribution in [1.82, 2.24) is 4.98 Å². The summed E-state index contributed by atoms with van der Waals surface area (Å²) < 4.78 is 15.2. The first-order valence-electron chi connectivity index (χ1n) is 14.0. The van der Waals surface area contributed by atoms with Crippen LogP contribution in [0.4, 0.5) is 0 Å². The first kappa shape index (κ1) is 26.1. The number of carbonyl (C=O) groups excluding carboxylic acids is 2. The maximum atomic E-state index is 14.4. The second-order valence-electron chi connectivity index (χ2n) is 13.0. The molecule has 0 bridgehead atoms. The quantitative estimate of drug-likeness (QED) is 0.474. The van der Waals surface area contributed by atoms with Gasteiger partial charge in [-0.25, -0.2) is 4.98 Å². The zero-order valence-electron chi connectivity index (χ0n) is 22.8. The van der Waals surface area contributed by atoms with E-state index in [0.29, 0.717) is 6.42 Å². The van der Waals surface area contributed by atoms with Gasteiger partial charge in [-0.1, -0.05) is 49.4 Å². The summed E-state index contributed by atoms with van der Waals surface area (Å²) in [6, 6.07) is 8.02. The molecule has 206 valence electrons. The number of ketones is 2. The highest BCUT2D eigenvalue weighted by Gasteiger charge is 2.76. The average Bonchev–Trinajstić information content (AvgIpc) is 3.49. The van der Waals surface area contributed by atoms with Crippen molar-refractivity contribution >= 4 is 44.9 Å². The number of benzene rings is 1. The van der Waals surface area contributed by atoms with Crippen LogP contribution in [0.1, 0.15) is 53.4 Å². The maximum Gasteiger partial charge on any atom is 0.178 e. The van der Waals surface area contributed by atoms with Crippen LogP contribution in [0.2, 0.25) is 0 Å². The fourth-order valence-electron chi connectivity index (χ4n) is 9.07. The second kappa shape index (κ2) is 8.58. The third-order valence-electron chi connectivity index (χ3n) is 10.5. The number of allylic oxidation sites excluding steroid dienone is 4. The number of aliphatic hydroxyl groups is 1. The van der Waals surface area contributed by atoms with E-state index in [-0.39, 0.29) is 46.6 Å². The van der Waals surface area contributed by atoms with Crippen LogP contribution in [-0.4, -0.2) is 51.0 Å². The maximum absolute atomic E-state index is 14.4. The van der Waals surface area contributed by atoms with Crippen LogP contribution in [0.5, 0.6) is 0 Å². The van der Waals surface area contributed by atoms with Crippen molar-refractivity contribution in [3.05, 3.63) is 48.1 Å². The number of aliphatic hydroxyl groups excluding tert-OH is 1. The molecule has 0 spiro atoms. The van der Waals surface area contributed by atoms with E-state index in [4.69, 9.17) is 14.5 Å². The molecule has 7 rings (SSSR count). The highest BCUT2D eigenvalue weighted by molar-refractivity contribution is 8.01. The fraction of sp³-hybridized carbons (Fsp3) is 0.581. The standard InChI is InChI=1S/C31H35NO5S2/c1-28(2)36-25-14-20-19-10-9-17-13-18(33)11-12-29(17,3)26(19)22(34)15-30(20,4)31(25,37-28)24(35)16-38-27-32-21-7-5-6-8-23(21)39-27/h5-8,11-13,19-20,22,25-26,34H,9-10,14-16H2,1-4H3/t19?,20?,22-,25+,26?,29?,30?,31+/m0/s1. The van der Waals surface area contributed by atoms with E-state index in [1.165, 1.54) is 11.8 Å². The van der Waals surface area contributed by atoms with Gasteiger partial charge in [0.2, 0.25) is 0 Å². The molecule has 1 N–H and O–H groups in total. The van der Waals surface area contributed by atoms with Crippen LogP contribution in [0, 0.1) is 28.6 Å². The molecule has 3 saturated carbocycles. The summed E-state index contributed by atoms with van der Waals surface area (Å²) in [5.74, 6) is -0.186. The summed E-state index contributed by atoms with van der Waals surface area (Å²) in [4.78, 5) is 31.3. The topological polar surface area (TPSA) is 85.7 Å². The molecule has 1 aromatic heterocycles. The van der Waals surface area contributed by atoms with E-state index < -0.39 is 22.9 Å². The molecule has 5 aliphatic rings. The SMILES string of the molecule is CC1(C)O[C@@H]2CC3C4CCC5=CC(=O)C=CC5(C)C4[C@@H](O)CC3(C)[C@]2(C(=O)CSc2nc3ccccc3s2)O1. The number of hydrogen-bond donors (Lipinski definition) is 1. The van der Waals surface area contributed by atoms with Crippen molar-refractivity contribution in [2.75, 3.05) is 5.75 Å². The lowest BCUT2D eigenvalue weighted by atomic mass is 9.46. The monoisotopic (exact) mass is 565 g/mol. The van der Waals surface area contributed by atoms with Crippen molar-refractivity contribution < 1.29 is 24.2 Å². The van der Waals surface area contributed by atoms with Crippen LogP contribution >= 0.6 is 23.1 Å². The molecule has 4 aliphatic carbocycles. The molecule has 2 heterocycles. The third kappa shape index (κ3) is 3.61. The highest BCUT2D eigenvalue weighted by atomic mass is 32.2. The van der Waals surface area contributed by atoms with E-state index in [9.17, 15) is 14.7 Å². The van der Waals surface area contributed by atoms with Crippen molar-refractivity contribution in [2.45, 2.75) is 81.3 Å². The predicted octanol–water partition coefficient (Wildman–Crippen LogP) is 5.74. The Morgan fingerprint density at radius 2 is 2.03 bits per heavy atom. The van der Waals surface area contributed by atoms with Gasteiger partial charge in [-0.2, -0.15) is 0 Å². The zero-order chi connectivity index (χ0) is 27.4. The number of para-hydroxylation sites is 1. The average molecular weight is 566 g/mol.